The molecule has 1 aliphatic heterocycles. The number of ether oxygens (including phenoxy) is 4. The van der Waals surface area contributed by atoms with Gasteiger partial charge in [0.1, 0.15) is 30.5 Å². The summed E-state index contributed by atoms with van der Waals surface area (Å²) in [4.78, 5) is 12.9. The maximum Gasteiger partial charge on any atom is 0.397 e. The van der Waals surface area contributed by atoms with Gasteiger partial charge in [0, 0.05) is 13.0 Å². The van der Waals surface area contributed by atoms with Gasteiger partial charge in [0.2, 0.25) is 0 Å². The normalized spacial score (nSPS) is 19.5. The minimum Gasteiger partial charge on any atom is -0.457 e. The molecule has 396 valence electrons. The van der Waals surface area contributed by atoms with E-state index < -0.39 is 59.8 Å². The summed E-state index contributed by atoms with van der Waals surface area (Å²) in [7, 11) is -5.06. The molecular weight excluding hydrogens is 873 g/mol. The van der Waals surface area contributed by atoms with E-state index in [1.54, 1.807) is 0 Å². The molecule has 1 heterocycles. The van der Waals surface area contributed by atoms with Gasteiger partial charge in [0.25, 0.3) is 0 Å². The molecule has 0 bridgehead atoms. The smallest absolute Gasteiger partial charge is 0.397 e. The van der Waals surface area contributed by atoms with Gasteiger partial charge in [0.15, 0.2) is 6.29 Å². The van der Waals surface area contributed by atoms with Crippen molar-refractivity contribution in [2.75, 3.05) is 26.4 Å². The van der Waals surface area contributed by atoms with Crippen LogP contribution in [0.2, 0.25) is 0 Å². The van der Waals surface area contributed by atoms with Crippen molar-refractivity contribution >= 4 is 16.4 Å². The monoisotopic (exact) mass is 975 g/mol. The number of unbranched alkanes of at least 4 members (excludes halogenated alkanes) is 32. The third-order valence-electron chi connectivity index (χ3n) is 12.8. The van der Waals surface area contributed by atoms with Crippen LogP contribution in [-0.4, -0.2) is 97.5 Å². The number of carbonyl (C=O) groups is 1. The molecule has 6 atom stereocenters. The first-order chi connectivity index (χ1) is 32.6. The third-order valence-corrected chi connectivity index (χ3v) is 13.3. The second-order valence-electron chi connectivity index (χ2n) is 19.2. The zero-order chi connectivity index (χ0) is 48.9. The van der Waals surface area contributed by atoms with Gasteiger partial charge in [-0.1, -0.05) is 205 Å². The highest BCUT2D eigenvalue weighted by Gasteiger charge is 2.48. The molecule has 0 saturated carbocycles. The molecular formula is C54H102O12S. The molecule has 1 fully saturated rings. The summed E-state index contributed by atoms with van der Waals surface area (Å²) < 4.78 is 59.3. The molecule has 1 rings (SSSR count). The number of carbonyl (C=O) groups excluding carboxylic acids is 1. The van der Waals surface area contributed by atoms with Crippen molar-refractivity contribution in [2.24, 2.45) is 0 Å². The van der Waals surface area contributed by atoms with Crippen LogP contribution in [0.1, 0.15) is 251 Å². The van der Waals surface area contributed by atoms with Crippen molar-refractivity contribution < 1.29 is 56.2 Å². The summed E-state index contributed by atoms with van der Waals surface area (Å²) in [5, 5.41) is 30.8. The van der Waals surface area contributed by atoms with Crippen LogP contribution in [0.4, 0.5) is 0 Å². The van der Waals surface area contributed by atoms with Gasteiger partial charge in [-0.2, -0.15) is 8.42 Å². The molecule has 67 heavy (non-hydrogen) atoms. The van der Waals surface area contributed by atoms with Gasteiger partial charge in [-0.25, -0.2) is 4.18 Å². The molecule has 0 aromatic heterocycles. The van der Waals surface area contributed by atoms with Crippen molar-refractivity contribution in [1.82, 2.24) is 0 Å². The lowest BCUT2D eigenvalue weighted by Gasteiger charge is -2.41. The van der Waals surface area contributed by atoms with Crippen LogP contribution in [0.25, 0.3) is 0 Å². The number of hydrogen-bond acceptors (Lipinski definition) is 11. The Hall–Kier alpha value is -1.42. The Kier molecular flexibility index (Phi) is 43.4. The van der Waals surface area contributed by atoms with E-state index in [0.29, 0.717) is 13.0 Å². The van der Waals surface area contributed by atoms with Gasteiger partial charge < -0.3 is 34.3 Å². The molecule has 0 spiro atoms. The van der Waals surface area contributed by atoms with E-state index in [1.807, 2.05) is 0 Å². The van der Waals surface area contributed by atoms with E-state index in [1.165, 1.54) is 180 Å². The number of aliphatic hydroxyl groups is 3. The van der Waals surface area contributed by atoms with Gasteiger partial charge >= 0.3 is 16.4 Å². The molecule has 0 aromatic rings. The molecule has 0 aromatic carbocycles. The molecule has 12 nitrogen and oxygen atoms in total. The summed E-state index contributed by atoms with van der Waals surface area (Å²) in [6.45, 7) is 4.03. The van der Waals surface area contributed by atoms with Crippen molar-refractivity contribution in [1.29, 1.82) is 0 Å². The molecule has 0 radical (unpaired) electrons. The summed E-state index contributed by atoms with van der Waals surface area (Å²) in [5.74, 6) is -0.400. The molecule has 6 unspecified atom stereocenters. The average Bonchev–Trinajstić information content (AvgIpc) is 3.30. The lowest BCUT2D eigenvalue weighted by molar-refractivity contribution is -0.301. The van der Waals surface area contributed by atoms with Crippen molar-refractivity contribution in [3.05, 3.63) is 24.3 Å². The summed E-state index contributed by atoms with van der Waals surface area (Å²) in [5.41, 5.74) is 0. The second-order valence-corrected chi connectivity index (χ2v) is 20.2. The Bertz CT molecular complexity index is 1260. The number of rotatable bonds is 49. The first-order valence-electron chi connectivity index (χ1n) is 27.6. The van der Waals surface area contributed by atoms with Crippen LogP contribution < -0.4 is 0 Å². The van der Waals surface area contributed by atoms with Crippen LogP contribution >= 0.6 is 0 Å². The van der Waals surface area contributed by atoms with Crippen molar-refractivity contribution in [2.45, 2.75) is 288 Å². The fraction of sp³-hybridized carbons (Fsp3) is 0.907. The van der Waals surface area contributed by atoms with E-state index in [9.17, 15) is 33.1 Å². The lowest BCUT2D eigenvalue weighted by atomic mass is 9.99. The number of esters is 1. The number of aliphatic hydroxyl groups excluding tert-OH is 3. The van der Waals surface area contributed by atoms with Gasteiger partial charge in [-0.05, 0) is 64.2 Å². The van der Waals surface area contributed by atoms with Crippen molar-refractivity contribution in [3.63, 3.8) is 0 Å². The van der Waals surface area contributed by atoms with Crippen LogP contribution in [0.5, 0.6) is 0 Å². The summed E-state index contributed by atoms with van der Waals surface area (Å²) in [6, 6.07) is 0. The topological polar surface area (TPSA) is 178 Å². The minimum atomic E-state index is -5.06. The van der Waals surface area contributed by atoms with Gasteiger partial charge in [-0.15, -0.1) is 0 Å². The predicted octanol–water partition coefficient (Wildman–Crippen LogP) is 13.1. The minimum absolute atomic E-state index is 0.0366. The highest BCUT2D eigenvalue weighted by molar-refractivity contribution is 7.80. The summed E-state index contributed by atoms with van der Waals surface area (Å²) in [6.07, 6.45) is 45.0. The van der Waals surface area contributed by atoms with Crippen LogP contribution in [0.3, 0.4) is 0 Å². The van der Waals surface area contributed by atoms with Crippen LogP contribution in [-0.2, 0) is 38.3 Å². The Morgan fingerprint density at radius 1 is 0.552 bits per heavy atom. The van der Waals surface area contributed by atoms with E-state index >= 15 is 0 Å². The molecule has 0 aliphatic carbocycles. The van der Waals surface area contributed by atoms with E-state index in [-0.39, 0.29) is 19.6 Å². The second kappa shape index (κ2) is 45.7. The zero-order valence-electron chi connectivity index (χ0n) is 42.7. The Labute approximate surface area is 410 Å². The van der Waals surface area contributed by atoms with E-state index in [2.05, 4.69) is 42.3 Å². The van der Waals surface area contributed by atoms with Crippen molar-refractivity contribution in [3.8, 4) is 0 Å². The largest absolute Gasteiger partial charge is 0.457 e. The maximum atomic E-state index is 12.9. The van der Waals surface area contributed by atoms with Crippen LogP contribution in [0, 0.1) is 0 Å². The van der Waals surface area contributed by atoms with Gasteiger partial charge in [-0.3, -0.25) is 9.35 Å². The Morgan fingerprint density at radius 2 is 0.940 bits per heavy atom. The van der Waals surface area contributed by atoms with Gasteiger partial charge in [0.05, 0.1) is 19.8 Å². The lowest BCUT2D eigenvalue weighted by Crippen LogP contribution is -2.60. The standard InChI is InChI=1S/C54H102O12S/c1-3-5-7-9-11-13-15-17-19-21-23-24-25-26-28-30-32-34-36-38-40-42-44-62-46-48(47-63-54-52(58)53(66-67(59,60)61)51(57)49(45-55)65-54)64-50(56)43-41-39-37-35-33-31-29-27-22-20-18-16-14-12-10-8-6-4-2/h20-23,48-49,51-55,57-58H,3-19,24-47H2,1-2H3,(H,59,60,61)/b22-20-,23-21-. The number of hydrogen-bond donors (Lipinski definition) is 4. The fourth-order valence-electron chi connectivity index (χ4n) is 8.61. The predicted molar refractivity (Wildman–Crippen MR) is 271 cm³/mol. The molecule has 1 saturated heterocycles. The first kappa shape index (κ1) is 63.6. The molecule has 13 heteroatoms. The fourth-order valence-corrected chi connectivity index (χ4v) is 9.11. The SMILES string of the molecule is CCCCCCCCC/C=C\CCCCCCCCCC(=O)OC(COCCCCCCCCCCCC/C=C\CCCCCCCCCC)COC1OC(CO)C(O)C(OS(=O)(=O)O)C1O. The molecule has 1 aliphatic rings. The molecule has 4 N–H and O–H groups in total. The Balaban J connectivity index is 2.32. The van der Waals surface area contributed by atoms with E-state index in [0.717, 1.165) is 44.9 Å². The first-order valence-corrected chi connectivity index (χ1v) is 29.0. The maximum absolute atomic E-state index is 12.9. The summed E-state index contributed by atoms with van der Waals surface area (Å²) >= 11 is 0. The van der Waals surface area contributed by atoms with Crippen LogP contribution in [0.15, 0.2) is 24.3 Å². The third kappa shape index (κ3) is 39.0. The highest BCUT2D eigenvalue weighted by atomic mass is 32.3. The zero-order valence-corrected chi connectivity index (χ0v) is 43.5. The average molecular weight is 975 g/mol. The Morgan fingerprint density at radius 3 is 1.34 bits per heavy atom. The van der Waals surface area contributed by atoms with E-state index in [4.69, 9.17) is 18.9 Å². The number of allylic oxidation sites excluding steroid dienone is 4. The molecule has 0 amide bonds. The highest BCUT2D eigenvalue weighted by Crippen LogP contribution is 2.26. The quantitative estimate of drug-likeness (QED) is 0.0197.